The summed E-state index contributed by atoms with van der Waals surface area (Å²) < 4.78 is 1.70. The van der Waals surface area contributed by atoms with E-state index in [1.807, 2.05) is 32.2 Å². The number of benzene rings is 1. The Kier molecular flexibility index (Phi) is 3.79. The van der Waals surface area contributed by atoms with Crippen molar-refractivity contribution >= 4 is 5.91 Å². The molecule has 1 N–H and O–H groups in total. The molecule has 5 heterocycles. The lowest BCUT2D eigenvalue weighted by Crippen LogP contribution is -2.60. The summed E-state index contributed by atoms with van der Waals surface area (Å²) in [6.45, 7) is 4.87. The van der Waals surface area contributed by atoms with Crippen LogP contribution in [0.4, 0.5) is 0 Å². The molecule has 6 rings (SSSR count). The maximum atomic E-state index is 13.5. The van der Waals surface area contributed by atoms with Gasteiger partial charge < -0.3 is 10.0 Å². The molecule has 2 aromatic rings. The molecule has 1 aromatic carbocycles. The lowest BCUT2D eigenvalue weighted by molar-refractivity contribution is -0.00373. The molecule has 4 fully saturated rings. The highest BCUT2D eigenvalue weighted by Crippen LogP contribution is 2.47. The molecule has 4 aliphatic rings. The Hall–Kier alpha value is -2.34. The van der Waals surface area contributed by atoms with E-state index in [9.17, 15) is 9.90 Å². The van der Waals surface area contributed by atoms with Crippen molar-refractivity contribution < 1.29 is 9.90 Å². The Balaban J connectivity index is 1.54. The van der Waals surface area contributed by atoms with Gasteiger partial charge in [-0.15, -0.1) is 0 Å². The number of nitrogens with zero attached hydrogens (tertiary/aromatic N) is 4. The largest absolute Gasteiger partial charge is 0.508 e. The maximum absolute atomic E-state index is 13.5. The number of aryl methyl sites for hydroxylation is 2. The molecule has 4 saturated heterocycles. The first kappa shape index (κ1) is 16.8. The lowest BCUT2D eigenvalue weighted by atomic mass is 9.75. The van der Waals surface area contributed by atoms with E-state index in [0.717, 1.165) is 24.3 Å². The summed E-state index contributed by atoms with van der Waals surface area (Å²) in [6.07, 6.45) is 2.34. The van der Waals surface area contributed by atoms with E-state index >= 15 is 0 Å². The van der Waals surface area contributed by atoms with Crippen molar-refractivity contribution in [3.05, 3.63) is 47.3 Å². The SMILES string of the molecule is Cc1cc(C(=O)N2C[C@H](c3cccc(O)c3)[C@H]3[C@@H]2C2CCN3CC2)n(C)n1. The lowest BCUT2D eigenvalue weighted by Gasteiger charge is -2.51. The van der Waals surface area contributed by atoms with Gasteiger partial charge in [0.2, 0.25) is 0 Å². The molecule has 1 aromatic heterocycles. The third-order valence-corrected chi connectivity index (χ3v) is 6.77. The monoisotopic (exact) mass is 366 g/mol. The van der Waals surface area contributed by atoms with Gasteiger partial charge in [-0.2, -0.15) is 5.10 Å². The molecule has 0 radical (unpaired) electrons. The summed E-state index contributed by atoms with van der Waals surface area (Å²) in [5, 5.41) is 14.4. The second-order valence-corrected chi connectivity index (χ2v) is 8.31. The number of hydrogen-bond donors (Lipinski definition) is 1. The van der Waals surface area contributed by atoms with Gasteiger partial charge in [0.25, 0.3) is 5.91 Å². The van der Waals surface area contributed by atoms with Crippen molar-refractivity contribution in [2.24, 2.45) is 13.0 Å². The van der Waals surface area contributed by atoms with E-state index in [1.165, 1.54) is 12.8 Å². The van der Waals surface area contributed by atoms with E-state index in [0.29, 0.717) is 29.9 Å². The predicted molar refractivity (Wildman–Crippen MR) is 102 cm³/mol. The van der Waals surface area contributed by atoms with Crippen LogP contribution < -0.4 is 0 Å². The predicted octanol–water partition coefficient (Wildman–Crippen LogP) is 2.14. The summed E-state index contributed by atoms with van der Waals surface area (Å²) in [6, 6.07) is 10.1. The van der Waals surface area contributed by atoms with Gasteiger partial charge in [-0.05, 0) is 62.5 Å². The minimum Gasteiger partial charge on any atom is -0.508 e. The number of fused-ring (bicyclic) bond motifs is 2. The highest BCUT2D eigenvalue weighted by Gasteiger charge is 2.54. The number of phenols is 1. The van der Waals surface area contributed by atoms with E-state index in [4.69, 9.17) is 0 Å². The van der Waals surface area contributed by atoms with Crippen LogP contribution in [0, 0.1) is 12.8 Å². The van der Waals surface area contributed by atoms with Crippen LogP contribution in [0.5, 0.6) is 5.75 Å². The summed E-state index contributed by atoms with van der Waals surface area (Å²) in [4.78, 5) is 18.1. The molecule has 0 unspecified atom stereocenters. The Bertz CT molecular complexity index is 884. The number of carbonyl (C=O) groups excluding carboxylic acids is 1. The zero-order valence-corrected chi connectivity index (χ0v) is 15.9. The fourth-order valence-corrected chi connectivity index (χ4v) is 5.66. The first-order valence-corrected chi connectivity index (χ1v) is 9.87. The van der Waals surface area contributed by atoms with Crippen LogP contribution in [0.3, 0.4) is 0 Å². The minimum atomic E-state index is 0.0875. The van der Waals surface area contributed by atoms with Gasteiger partial charge >= 0.3 is 0 Å². The molecule has 6 nitrogen and oxygen atoms in total. The molecule has 1 amide bonds. The van der Waals surface area contributed by atoms with Crippen LogP contribution in [0.1, 0.15) is 40.5 Å². The van der Waals surface area contributed by atoms with Crippen LogP contribution in [0.2, 0.25) is 0 Å². The first-order valence-electron chi connectivity index (χ1n) is 9.87. The van der Waals surface area contributed by atoms with Crippen molar-refractivity contribution in [1.82, 2.24) is 19.6 Å². The topological polar surface area (TPSA) is 61.6 Å². The number of aromatic hydroxyl groups is 1. The Morgan fingerprint density at radius 1 is 1.19 bits per heavy atom. The van der Waals surface area contributed by atoms with Gasteiger partial charge in [-0.25, -0.2) is 0 Å². The average molecular weight is 366 g/mol. The number of likely N-dealkylation sites (tertiary alicyclic amines) is 1. The minimum absolute atomic E-state index is 0.0875. The molecule has 6 heteroatoms. The third-order valence-electron chi connectivity index (χ3n) is 6.77. The van der Waals surface area contributed by atoms with E-state index in [2.05, 4.69) is 21.0 Å². The second kappa shape index (κ2) is 6.09. The van der Waals surface area contributed by atoms with Crippen molar-refractivity contribution in [2.45, 2.75) is 37.8 Å². The molecule has 0 spiro atoms. The second-order valence-electron chi connectivity index (χ2n) is 8.31. The van der Waals surface area contributed by atoms with Crippen molar-refractivity contribution in [1.29, 1.82) is 0 Å². The molecule has 142 valence electrons. The number of phenolic OH excluding ortho intramolecular Hbond substituents is 1. The van der Waals surface area contributed by atoms with Gasteiger partial charge in [-0.3, -0.25) is 14.4 Å². The van der Waals surface area contributed by atoms with Gasteiger partial charge in [0.15, 0.2) is 0 Å². The Morgan fingerprint density at radius 3 is 2.63 bits per heavy atom. The Labute approximate surface area is 159 Å². The molecule has 27 heavy (non-hydrogen) atoms. The van der Waals surface area contributed by atoms with Gasteiger partial charge in [-0.1, -0.05) is 12.1 Å². The quantitative estimate of drug-likeness (QED) is 0.885. The summed E-state index contributed by atoms with van der Waals surface area (Å²) >= 11 is 0. The van der Waals surface area contributed by atoms with E-state index in [1.54, 1.807) is 10.7 Å². The molecule has 2 bridgehead atoms. The fourth-order valence-electron chi connectivity index (χ4n) is 5.66. The highest BCUT2D eigenvalue weighted by molar-refractivity contribution is 5.93. The first-order chi connectivity index (χ1) is 13.0. The van der Waals surface area contributed by atoms with E-state index in [-0.39, 0.29) is 17.9 Å². The van der Waals surface area contributed by atoms with Crippen molar-refractivity contribution in [3.8, 4) is 5.75 Å². The van der Waals surface area contributed by atoms with Gasteiger partial charge in [0.05, 0.1) is 11.7 Å². The highest BCUT2D eigenvalue weighted by atomic mass is 16.3. The van der Waals surface area contributed by atoms with Crippen LogP contribution >= 0.6 is 0 Å². The van der Waals surface area contributed by atoms with Crippen LogP contribution in [0.15, 0.2) is 30.3 Å². The molecule has 0 saturated carbocycles. The van der Waals surface area contributed by atoms with Gasteiger partial charge in [0.1, 0.15) is 11.4 Å². The van der Waals surface area contributed by atoms with Crippen molar-refractivity contribution in [2.75, 3.05) is 19.6 Å². The zero-order chi connectivity index (χ0) is 18.7. The van der Waals surface area contributed by atoms with Crippen LogP contribution in [-0.4, -0.2) is 62.3 Å². The molecule has 4 aliphatic heterocycles. The third kappa shape index (κ3) is 2.57. The summed E-state index contributed by atoms with van der Waals surface area (Å²) in [5.41, 5.74) is 2.67. The van der Waals surface area contributed by atoms with E-state index < -0.39 is 0 Å². The smallest absolute Gasteiger partial charge is 0.272 e. The fraction of sp³-hybridized carbons (Fsp3) is 0.524. The molecular weight excluding hydrogens is 340 g/mol. The number of aromatic nitrogens is 2. The molecule has 3 atom stereocenters. The average Bonchev–Trinajstić information content (AvgIpc) is 3.24. The normalized spacial score (nSPS) is 31.9. The van der Waals surface area contributed by atoms with Crippen LogP contribution in [0.25, 0.3) is 0 Å². The summed E-state index contributed by atoms with van der Waals surface area (Å²) in [5.74, 6) is 1.20. The number of amides is 1. The number of piperidine rings is 3. The maximum Gasteiger partial charge on any atom is 0.272 e. The van der Waals surface area contributed by atoms with Gasteiger partial charge in [0, 0.05) is 25.6 Å². The van der Waals surface area contributed by atoms with Crippen LogP contribution in [-0.2, 0) is 7.05 Å². The van der Waals surface area contributed by atoms with Crippen molar-refractivity contribution in [3.63, 3.8) is 0 Å². The molecular formula is C21H26N4O2. The number of rotatable bonds is 2. The number of carbonyl (C=O) groups is 1. The standard InChI is InChI=1S/C21H26N4O2/c1-13-10-18(23(2)22-13)21(27)25-12-17(15-4-3-5-16(26)11-15)20-19(25)14-6-8-24(20)9-7-14/h3-5,10-11,14,17,19-20,26H,6-9,12H2,1-2H3/t17-,19+,20+/m1/s1. The zero-order valence-electron chi connectivity index (χ0n) is 15.9. The summed E-state index contributed by atoms with van der Waals surface area (Å²) in [7, 11) is 1.84. The molecule has 0 aliphatic carbocycles. The number of hydrogen-bond acceptors (Lipinski definition) is 4. The Morgan fingerprint density at radius 2 is 1.96 bits per heavy atom.